The maximum absolute atomic E-state index is 12.9. The molecule has 0 N–H and O–H groups in total. The summed E-state index contributed by atoms with van der Waals surface area (Å²) in [5.41, 5.74) is 2.65. The fourth-order valence-corrected chi connectivity index (χ4v) is 4.64. The number of thiazole rings is 1. The Morgan fingerprint density at radius 2 is 1.96 bits per heavy atom. The largest absolute Gasteiger partial charge is 0.293 e. The van der Waals surface area contributed by atoms with Gasteiger partial charge in [-0.3, -0.25) is 13.8 Å². The van der Waals surface area contributed by atoms with Crippen molar-refractivity contribution in [3.05, 3.63) is 67.9 Å². The van der Waals surface area contributed by atoms with E-state index in [1.165, 1.54) is 11.3 Å². The molecule has 24 heavy (non-hydrogen) atoms. The van der Waals surface area contributed by atoms with Crippen LogP contribution < -0.4 is 5.56 Å². The molecule has 0 saturated heterocycles. The van der Waals surface area contributed by atoms with E-state index < -0.39 is 0 Å². The summed E-state index contributed by atoms with van der Waals surface area (Å²) in [4.78, 5) is 13.9. The summed E-state index contributed by atoms with van der Waals surface area (Å²) in [7, 11) is 0. The molecular formula is C18H13ClN2OS2. The van der Waals surface area contributed by atoms with E-state index in [0.717, 1.165) is 25.6 Å². The number of nitrogens with zero attached hydrogens (tertiary/aromatic N) is 2. The van der Waals surface area contributed by atoms with Crippen molar-refractivity contribution in [3.8, 4) is 10.4 Å². The first-order valence-corrected chi connectivity index (χ1v) is 9.15. The van der Waals surface area contributed by atoms with E-state index in [1.54, 1.807) is 4.57 Å². The second kappa shape index (κ2) is 5.84. The minimum absolute atomic E-state index is 0.00387. The fourth-order valence-electron chi connectivity index (χ4n) is 3.02. The Bertz CT molecular complexity index is 1200. The molecule has 0 fully saturated rings. The zero-order valence-corrected chi connectivity index (χ0v) is 15.2. The van der Waals surface area contributed by atoms with Gasteiger partial charge >= 0.3 is 0 Å². The van der Waals surface area contributed by atoms with Crippen LogP contribution in [0.25, 0.3) is 27.0 Å². The summed E-state index contributed by atoms with van der Waals surface area (Å²) >= 11 is 13.3. The number of fused-ring (bicyclic) bond motifs is 3. The highest BCUT2D eigenvalue weighted by molar-refractivity contribution is 7.73. The average Bonchev–Trinajstić information content (AvgIpc) is 2.93. The van der Waals surface area contributed by atoms with Gasteiger partial charge in [-0.15, -0.1) is 11.3 Å². The second-order valence-electron chi connectivity index (χ2n) is 5.43. The SMILES string of the molecule is CCn1c(=O)c2ccccc2n2c(=S)sc(-c3cccc(Cl)c3)c12. The van der Waals surface area contributed by atoms with E-state index in [2.05, 4.69) is 0 Å². The predicted octanol–water partition coefficient (Wildman–Crippen LogP) is 5.39. The first-order valence-electron chi connectivity index (χ1n) is 7.55. The Kier molecular flexibility index (Phi) is 3.79. The van der Waals surface area contributed by atoms with Gasteiger partial charge in [0.15, 0.2) is 3.95 Å². The number of hydrogen-bond donors (Lipinski definition) is 0. The molecule has 0 saturated carbocycles. The normalized spacial score (nSPS) is 11.4. The van der Waals surface area contributed by atoms with E-state index in [9.17, 15) is 4.79 Å². The molecule has 2 aromatic carbocycles. The van der Waals surface area contributed by atoms with Gasteiger partial charge in [-0.05, 0) is 49.0 Å². The van der Waals surface area contributed by atoms with Gasteiger partial charge in [-0.2, -0.15) is 0 Å². The number of rotatable bonds is 2. The van der Waals surface area contributed by atoms with Crippen molar-refractivity contribution in [1.82, 2.24) is 8.97 Å². The first-order chi connectivity index (χ1) is 11.6. The molecule has 2 heterocycles. The average molecular weight is 373 g/mol. The molecule has 6 heteroatoms. The van der Waals surface area contributed by atoms with Gasteiger partial charge in [0.1, 0.15) is 5.65 Å². The monoisotopic (exact) mass is 372 g/mol. The molecule has 0 aliphatic heterocycles. The summed E-state index contributed by atoms with van der Waals surface area (Å²) in [6, 6.07) is 15.2. The smallest absolute Gasteiger partial charge is 0.261 e. The molecule has 3 nitrogen and oxygen atoms in total. The van der Waals surface area contributed by atoms with Gasteiger partial charge in [0, 0.05) is 11.6 Å². The molecule has 4 aromatic rings. The zero-order chi connectivity index (χ0) is 16.8. The summed E-state index contributed by atoms with van der Waals surface area (Å²) < 4.78 is 4.50. The van der Waals surface area contributed by atoms with Crippen molar-refractivity contribution in [2.75, 3.05) is 0 Å². The lowest BCUT2D eigenvalue weighted by atomic mass is 10.2. The van der Waals surface area contributed by atoms with Crippen molar-refractivity contribution in [2.24, 2.45) is 0 Å². The lowest BCUT2D eigenvalue weighted by Crippen LogP contribution is -2.22. The summed E-state index contributed by atoms with van der Waals surface area (Å²) in [5, 5.41) is 1.34. The predicted molar refractivity (Wildman–Crippen MR) is 104 cm³/mol. The van der Waals surface area contributed by atoms with Crippen molar-refractivity contribution in [2.45, 2.75) is 13.5 Å². The van der Waals surface area contributed by atoms with E-state index >= 15 is 0 Å². The third-order valence-electron chi connectivity index (χ3n) is 4.07. The van der Waals surface area contributed by atoms with Crippen LogP contribution in [0.1, 0.15) is 6.92 Å². The molecular weight excluding hydrogens is 360 g/mol. The van der Waals surface area contributed by atoms with Gasteiger partial charge in [0.25, 0.3) is 5.56 Å². The van der Waals surface area contributed by atoms with E-state index in [0.29, 0.717) is 17.0 Å². The summed E-state index contributed by atoms with van der Waals surface area (Å²) in [5.74, 6) is 0. The molecule has 0 aliphatic carbocycles. The van der Waals surface area contributed by atoms with Crippen LogP contribution in [0, 0.1) is 3.95 Å². The van der Waals surface area contributed by atoms with Gasteiger partial charge in [-0.1, -0.05) is 35.9 Å². The number of hydrogen-bond acceptors (Lipinski definition) is 3. The minimum atomic E-state index is 0.00387. The van der Waals surface area contributed by atoms with Gasteiger partial charge in [-0.25, -0.2) is 0 Å². The van der Waals surface area contributed by atoms with Crippen LogP contribution in [-0.2, 0) is 6.54 Å². The lowest BCUT2D eigenvalue weighted by molar-refractivity contribution is 0.748. The van der Waals surface area contributed by atoms with Crippen LogP contribution in [0.4, 0.5) is 0 Å². The van der Waals surface area contributed by atoms with Crippen LogP contribution >= 0.6 is 35.2 Å². The summed E-state index contributed by atoms with van der Waals surface area (Å²) in [6.07, 6.45) is 0. The van der Waals surface area contributed by atoms with E-state index in [4.69, 9.17) is 23.8 Å². The minimum Gasteiger partial charge on any atom is -0.293 e. The highest BCUT2D eigenvalue weighted by Crippen LogP contribution is 2.34. The highest BCUT2D eigenvalue weighted by atomic mass is 35.5. The Labute approximate surface area is 152 Å². The number of para-hydroxylation sites is 1. The molecule has 0 bridgehead atoms. The van der Waals surface area contributed by atoms with Gasteiger partial charge in [0.05, 0.1) is 15.8 Å². The van der Waals surface area contributed by atoms with Crippen LogP contribution in [0.5, 0.6) is 0 Å². The summed E-state index contributed by atoms with van der Waals surface area (Å²) in [6.45, 7) is 2.55. The van der Waals surface area contributed by atoms with Crippen molar-refractivity contribution in [3.63, 3.8) is 0 Å². The molecule has 4 rings (SSSR count). The van der Waals surface area contributed by atoms with Crippen LogP contribution in [0.3, 0.4) is 0 Å². The lowest BCUT2D eigenvalue weighted by Gasteiger charge is -2.11. The number of aryl methyl sites for hydroxylation is 1. The van der Waals surface area contributed by atoms with Crippen LogP contribution in [0.15, 0.2) is 53.3 Å². The van der Waals surface area contributed by atoms with Crippen LogP contribution in [-0.4, -0.2) is 8.97 Å². The van der Waals surface area contributed by atoms with E-state index in [1.807, 2.05) is 59.9 Å². The van der Waals surface area contributed by atoms with Crippen molar-refractivity contribution < 1.29 is 0 Å². The molecule has 0 radical (unpaired) electrons. The third-order valence-corrected chi connectivity index (χ3v) is 5.71. The first kappa shape index (κ1) is 15.6. The molecule has 120 valence electrons. The zero-order valence-electron chi connectivity index (χ0n) is 12.8. The quantitative estimate of drug-likeness (QED) is 0.441. The molecule has 0 aliphatic rings. The standard InChI is InChI=1S/C18H13ClN2OS2/c1-2-20-16-15(11-6-5-7-12(19)10-11)24-18(23)21(16)14-9-4-3-8-13(14)17(20)22/h3-10H,2H2,1H3. The Morgan fingerprint density at radius 3 is 2.71 bits per heavy atom. The Hall–Kier alpha value is -1.95. The maximum atomic E-state index is 12.9. The number of aromatic nitrogens is 2. The Morgan fingerprint density at radius 1 is 1.17 bits per heavy atom. The molecule has 0 amide bonds. The molecule has 0 atom stereocenters. The molecule has 0 unspecified atom stereocenters. The van der Waals surface area contributed by atoms with E-state index in [-0.39, 0.29) is 5.56 Å². The fraction of sp³-hybridized carbons (Fsp3) is 0.111. The van der Waals surface area contributed by atoms with Crippen molar-refractivity contribution >= 4 is 51.7 Å². The van der Waals surface area contributed by atoms with Gasteiger partial charge < -0.3 is 0 Å². The van der Waals surface area contributed by atoms with Crippen molar-refractivity contribution in [1.29, 1.82) is 0 Å². The van der Waals surface area contributed by atoms with Gasteiger partial charge in [0.2, 0.25) is 0 Å². The third kappa shape index (κ3) is 2.24. The highest BCUT2D eigenvalue weighted by Gasteiger charge is 2.17. The molecule has 0 spiro atoms. The molecule has 2 aromatic heterocycles. The maximum Gasteiger partial charge on any atom is 0.261 e. The number of halogens is 1. The Balaban J connectivity index is 2.27. The second-order valence-corrected chi connectivity index (χ2v) is 7.51. The number of benzene rings is 2. The topological polar surface area (TPSA) is 26.4 Å². The van der Waals surface area contributed by atoms with Crippen LogP contribution in [0.2, 0.25) is 5.02 Å².